The number of nitro groups is 1. The largest absolute Gasteiger partial charge is 0.429 e. The minimum atomic E-state index is -1.11. The number of carbonyl (C=O) groups is 1. The van der Waals surface area contributed by atoms with Gasteiger partial charge in [-0.1, -0.05) is 91.0 Å². The Bertz CT molecular complexity index is 1420. The fourth-order valence-electron chi connectivity index (χ4n) is 4.59. The van der Waals surface area contributed by atoms with Gasteiger partial charge in [-0.2, -0.15) is 0 Å². The molecule has 1 saturated heterocycles. The molecule has 0 amide bonds. The molecule has 0 radical (unpaired) electrons. The van der Waals surface area contributed by atoms with Gasteiger partial charge in [-0.25, -0.2) is 4.79 Å². The molecule has 5 rings (SSSR count). The highest BCUT2D eigenvalue weighted by atomic mass is 16.7. The standard InChI is InChI=1S/C33H31NO8/c35-32(27-16-18-28(19-17-27)34(36)37)42-33-31(40-22-26-14-8-3-9-15-26)30(39-21-25-12-6-2-7-13-25)29(41-33)23-38-20-24-10-4-1-5-11-24/h1-19,29-31,33H,20-23H2/t29-,30+,31-,33-/m0/s1. The molecule has 4 atom stereocenters. The summed E-state index contributed by atoms with van der Waals surface area (Å²) >= 11 is 0. The van der Waals surface area contributed by atoms with Crippen molar-refractivity contribution >= 4 is 11.7 Å². The Morgan fingerprint density at radius 3 is 1.71 bits per heavy atom. The third kappa shape index (κ3) is 7.86. The van der Waals surface area contributed by atoms with Gasteiger partial charge in [0.15, 0.2) is 0 Å². The van der Waals surface area contributed by atoms with E-state index in [4.69, 9.17) is 23.7 Å². The van der Waals surface area contributed by atoms with Crippen molar-refractivity contribution < 1.29 is 33.4 Å². The van der Waals surface area contributed by atoms with Crippen LogP contribution in [-0.4, -0.2) is 42.1 Å². The molecule has 0 unspecified atom stereocenters. The van der Waals surface area contributed by atoms with Gasteiger partial charge in [0, 0.05) is 12.1 Å². The summed E-state index contributed by atoms with van der Waals surface area (Å²) in [5, 5.41) is 11.0. The van der Waals surface area contributed by atoms with Crippen LogP contribution in [0.2, 0.25) is 0 Å². The van der Waals surface area contributed by atoms with E-state index < -0.39 is 35.5 Å². The minimum Gasteiger partial charge on any atom is -0.429 e. The van der Waals surface area contributed by atoms with Crippen LogP contribution >= 0.6 is 0 Å². The van der Waals surface area contributed by atoms with Crippen LogP contribution in [0.15, 0.2) is 115 Å². The number of benzene rings is 4. The number of ether oxygens (including phenoxy) is 5. The van der Waals surface area contributed by atoms with E-state index in [1.165, 1.54) is 24.3 Å². The quantitative estimate of drug-likeness (QED) is 0.112. The first kappa shape index (κ1) is 29.1. The Morgan fingerprint density at radius 2 is 1.19 bits per heavy atom. The highest BCUT2D eigenvalue weighted by Gasteiger charge is 2.48. The molecule has 9 nitrogen and oxygen atoms in total. The number of carbonyl (C=O) groups excluding carboxylic acids is 1. The molecule has 4 aromatic carbocycles. The Hall–Kier alpha value is -4.41. The zero-order valence-corrected chi connectivity index (χ0v) is 22.8. The molecule has 1 heterocycles. The van der Waals surface area contributed by atoms with Crippen LogP contribution in [0.5, 0.6) is 0 Å². The van der Waals surface area contributed by atoms with Crippen molar-refractivity contribution in [3.63, 3.8) is 0 Å². The molecule has 0 spiro atoms. The van der Waals surface area contributed by atoms with Gasteiger partial charge in [-0.3, -0.25) is 10.1 Å². The second-order valence-electron chi connectivity index (χ2n) is 9.78. The zero-order chi connectivity index (χ0) is 29.1. The normalized spacial score (nSPS) is 19.8. The van der Waals surface area contributed by atoms with E-state index in [0.717, 1.165) is 16.7 Å². The molecule has 1 aliphatic heterocycles. The van der Waals surface area contributed by atoms with E-state index in [9.17, 15) is 14.9 Å². The van der Waals surface area contributed by atoms with Gasteiger partial charge < -0.3 is 23.7 Å². The van der Waals surface area contributed by atoms with Gasteiger partial charge >= 0.3 is 5.97 Å². The Labute approximate surface area is 243 Å². The lowest BCUT2D eigenvalue weighted by atomic mass is 10.1. The van der Waals surface area contributed by atoms with Crippen molar-refractivity contribution in [3.8, 4) is 0 Å². The predicted molar refractivity (Wildman–Crippen MR) is 153 cm³/mol. The van der Waals surface area contributed by atoms with E-state index >= 15 is 0 Å². The number of nitro benzene ring substituents is 1. The smallest absolute Gasteiger partial charge is 0.340 e. The molecule has 1 fully saturated rings. The van der Waals surface area contributed by atoms with Gasteiger partial charge in [0.2, 0.25) is 6.29 Å². The summed E-state index contributed by atoms with van der Waals surface area (Å²) < 4.78 is 30.7. The first-order valence-electron chi connectivity index (χ1n) is 13.6. The first-order valence-corrected chi connectivity index (χ1v) is 13.6. The monoisotopic (exact) mass is 569 g/mol. The molecule has 0 N–H and O–H groups in total. The summed E-state index contributed by atoms with van der Waals surface area (Å²) in [6.45, 7) is 1.07. The number of esters is 1. The maximum absolute atomic E-state index is 13.1. The van der Waals surface area contributed by atoms with Crippen molar-refractivity contribution in [3.05, 3.63) is 148 Å². The van der Waals surface area contributed by atoms with Gasteiger partial charge in [0.1, 0.15) is 18.3 Å². The van der Waals surface area contributed by atoms with Crippen molar-refractivity contribution in [2.75, 3.05) is 6.61 Å². The summed E-state index contributed by atoms with van der Waals surface area (Å²) in [6, 6.07) is 34.3. The molecule has 1 aliphatic rings. The third-order valence-electron chi connectivity index (χ3n) is 6.77. The second-order valence-corrected chi connectivity index (χ2v) is 9.78. The summed E-state index contributed by atoms with van der Waals surface area (Å²) in [6.07, 6.45) is -3.11. The predicted octanol–water partition coefficient (Wildman–Crippen LogP) is 5.86. The minimum absolute atomic E-state index is 0.127. The molecular weight excluding hydrogens is 538 g/mol. The van der Waals surface area contributed by atoms with Crippen LogP contribution in [0, 0.1) is 10.1 Å². The summed E-state index contributed by atoms with van der Waals surface area (Å²) in [7, 11) is 0. The second kappa shape index (κ2) is 14.5. The Balaban J connectivity index is 1.35. The molecule has 9 heteroatoms. The fourth-order valence-corrected chi connectivity index (χ4v) is 4.59. The van der Waals surface area contributed by atoms with E-state index in [1.54, 1.807) is 0 Å². The number of rotatable bonds is 13. The maximum Gasteiger partial charge on any atom is 0.340 e. The molecule has 216 valence electrons. The van der Waals surface area contributed by atoms with Gasteiger partial charge in [-0.05, 0) is 28.8 Å². The van der Waals surface area contributed by atoms with Crippen molar-refractivity contribution in [2.45, 2.75) is 44.4 Å². The summed E-state index contributed by atoms with van der Waals surface area (Å²) in [4.78, 5) is 23.6. The van der Waals surface area contributed by atoms with Crippen LogP contribution in [-0.2, 0) is 43.5 Å². The molecule has 0 bridgehead atoms. The van der Waals surface area contributed by atoms with Crippen molar-refractivity contribution in [1.29, 1.82) is 0 Å². The summed E-state index contributed by atoms with van der Waals surface area (Å²) in [5.74, 6) is -0.698. The molecule has 0 aliphatic carbocycles. The molecule has 42 heavy (non-hydrogen) atoms. The lowest BCUT2D eigenvalue weighted by molar-refractivity contribution is -0.384. The van der Waals surface area contributed by atoms with Gasteiger partial charge in [0.25, 0.3) is 5.69 Å². The highest BCUT2D eigenvalue weighted by molar-refractivity contribution is 5.89. The Kier molecular flexibility index (Phi) is 10.0. The fraction of sp³-hybridized carbons (Fsp3) is 0.242. The van der Waals surface area contributed by atoms with Gasteiger partial charge in [0.05, 0.1) is 36.9 Å². The number of hydrogen-bond acceptors (Lipinski definition) is 8. The molecular formula is C33H31NO8. The van der Waals surface area contributed by atoms with Crippen molar-refractivity contribution in [1.82, 2.24) is 0 Å². The molecule has 4 aromatic rings. The number of non-ortho nitro benzene ring substituents is 1. The van der Waals surface area contributed by atoms with E-state index in [0.29, 0.717) is 6.61 Å². The van der Waals surface area contributed by atoms with E-state index in [2.05, 4.69) is 0 Å². The van der Waals surface area contributed by atoms with E-state index in [1.807, 2.05) is 91.0 Å². The lowest BCUT2D eigenvalue weighted by Gasteiger charge is -2.25. The highest BCUT2D eigenvalue weighted by Crippen LogP contribution is 2.31. The van der Waals surface area contributed by atoms with E-state index in [-0.39, 0.29) is 31.1 Å². The average molecular weight is 570 g/mol. The van der Waals surface area contributed by atoms with Crippen molar-refractivity contribution in [2.24, 2.45) is 0 Å². The summed E-state index contributed by atoms with van der Waals surface area (Å²) in [5.41, 5.74) is 2.93. The van der Waals surface area contributed by atoms with Crippen LogP contribution in [0.25, 0.3) is 0 Å². The van der Waals surface area contributed by atoms with Crippen LogP contribution in [0.4, 0.5) is 5.69 Å². The topological polar surface area (TPSA) is 106 Å². The SMILES string of the molecule is O=C(O[C@@H]1O[C@@H](COCc2ccccc2)[C@@H](OCc2ccccc2)[C@@H]1OCc1ccccc1)c1ccc([N+](=O)[O-])cc1. The third-order valence-corrected chi connectivity index (χ3v) is 6.77. The Morgan fingerprint density at radius 1 is 0.690 bits per heavy atom. The van der Waals surface area contributed by atoms with Crippen LogP contribution in [0.1, 0.15) is 27.0 Å². The van der Waals surface area contributed by atoms with Gasteiger partial charge in [-0.15, -0.1) is 0 Å². The molecule has 0 saturated carbocycles. The molecule has 0 aromatic heterocycles. The average Bonchev–Trinajstić information content (AvgIpc) is 3.35. The van der Waals surface area contributed by atoms with Crippen LogP contribution in [0.3, 0.4) is 0 Å². The first-order chi connectivity index (χ1) is 20.6. The van der Waals surface area contributed by atoms with Crippen LogP contribution < -0.4 is 0 Å². The zero-order valence-electron chi connectivity index (χ0n) is 22.8. The number of nitrogens with zero attached hydrogens (tertiary/aromatic N) is 1. The maximum atomic E-state index is 13.1. The number of hydrogen-bond donors (Lipinski definition) is 0. The lowest BCUT2D eigenvalue weighted by Crippen LogP contribution is -2.40.